The highest BCUT2D eigenvalue weighted by Crippen LogP contribution is 2.16. The van der Waals surface area contributed by atoms with Gasteiger partial charge in [-0.15, -0.1) is 0 Å². The van der Waals surface area contributed by atoms with E-state index in [9.17, 15) is 9.59 Å². The van der Waals surface area contributed by atoms with Crippen LogP contribution < -0.4 is 5.32 Å². The van der Waals surface area contributed by atoms with E-state index in [2.05, 4.69) is 12.2 Å². The van der Waals surface area contributed by atoms with E-state index in [0.717, 1.165) is 38.8 Å². The largest absolute Gasteiger partial charge is 0.481 e. The molecular formula is C15H28N2O3. The second-order valence-electron chi connectivity index (χ2n) is 6.19. The number of piperidine rings is 1. The number of urea groups is 1. The van der Waals surface area contributed by atoms with Crippen molar-refractivity contribution in [2.45, 2.75) is 58.9 Å². The maximum absolute atomic E-state index is 12.0. The van der Waals surface area contributed by atoms with Gasteiger partial charge in [0, 0.05) is 19.1 Å². The van der Waals surface area contributed by atoms with Crippen LogP contribution in [-0.4, -0.2) is 41.1 Å². The summed E-state index contributed by atoms with van der Waals surface area (Å²) in [6.45, 7) is 7.61. The first-order chi connectivity index (χ1) is 9.40. The van der Waals surface area contributed by atoms with E-state index in [-0.39, 0.29) is 18.0 Å². The highest BCUT2D eigenvalue weighted by molar-refractivity contribution is 5.74. The van der Waals surface area contributed by atoms with Crippen LogP contribution in [0.4, 0.5) is 4.79 Å². The van der Waals surface area contributed by atoms with Gasteiger partial charge >= 0.3 is 12.0 Å². The van der Waals surface area contributed by atoms with Gasteiger partial charge in [0.1, 0.15) is 0 Å². The molecule has 1 heterocycles. The minimum absolute atomic E-state index is 0.0238. The molecule has 0 spiro atoms. The minimum Gasteiger partial charge on any atom is -0.481 e. The third kappa shape index (κ3) is 5.80. The fourth-order valence-corrected chi connectivity index (χ4v) is 2.44. The van der Waals surface area contributed by atoms with Gasteiger partial charge in [-0.3, -0.25) is 4.79 Å². The van der Waals surface area contributed by atoms with Crippen LogP contribution in [0.3, 0.4) is 0 Å². The lowest BCUT2D eigenvalue weighted by Crippen LogP contribution is -2.47. The number of amides is 2. The van der Waals surface area contributed by atoms with Gasteiger partial charge in [-0.1, -0.05) is 20.3 Å². The molecule has 0 bridgehead atoms. The molecule has 2 atom stereocenters. The van der Waals surface area contributed by atoms with Crippen molar-refractivity contribution < 1.29 is 14.7 Å². The zero-order chi connectivity index (χ0) is 15.1. The zero-order valence-electron chi connectivity index (χ0n) is 12.9. The van der Waals surface area contributed by atoms with E-state index < -0.39 is 5.97 Å². The van der Waals surface area contributed by atoms with Crippen molar-refractivity contribution >= 4 is 12.0 Å². The van der Waals surface area contributed by atoms with Crippen molar-refractivity contribution in [3.63, 3.8) is 0 Å². The first-order valence-corrected chi connectivity index (χ1v) is 7.68. The molecule has 2 N–H and O–H groups in total. The Hall–Kier alpha value is -1.26. The number of likely N-dealkylation sites (tertiary alicyclic amines) is 1. The fraction of sp³-hybridized carbons (Fsp3) is 0.867. The topological polar surface area (TPSA) is 69.6 Å². The third-order valence-electron chi connectivity index (χ3n) is 4.14. The summed E-state index contributed by atoms with van der Waals surface area (Å²) in [5.74, 6) is -0.334. The molecule has 5 nitrogen and oxygen atoms in total. The molecule has 0 saturated carbocycles. The quantitative estimate of drug-likeness (QED) is 0.788. The zero-order valence-corrected chi connectivity index (χ0v) is 12.9. The Morgan fingerprint density at radius 1 is 1.25 bits per heavy atom. The van der Waals surface area contributed by atoms with E-state index in [4.69, 9.17) is 5.11 Å². The van der Waals surface area contributed by atoms with Gasteiger partial charge in [0.05, 0.1) is 5.92 Å². The summed E-state index contributed by atoms with van der Waals surface area (Å²) in [5.41, 5.74) is 0. The first-order valence-electron chi connectivity index (χ1n) is 7.68. The molecule has 0 aliphatic carbocycles. The van der Waals surface area contributed by atoms with Gasteiger partial charge in [0.15, 0.2) is 0 Å². The number of carbonyl (C=O) groups is 2. The Morgan fingerprint density at radius 2 is 1.85 bits per heavy atom. The normalized spacial score (nSPS) is 19.4. The summed E-state index contributed by atoms with van der Waals surface area (Å²) < 4.78 is 0. The number of rotatable bonds is 6. The van der Waals surface area contributed by atoms with Gasteiger partial charge < -0.3 is 15.3 Å². The van der Waals surface area contributed by atoms with Crippen LogP contribution in [0.25, 0.3) is 0 Å². The predicted molar refractivity (Wildman–Crippen MR) is 78.6 cm³/mol. The second-order valence-corrected chi connectivity index (χ2v) is 6.19. The number of hydrogen-bond acceptors (Lipinski definition) is 2. The summed E-state index contributed by atoms with van der Waals surface area (Å²) in [6.07, 6.45) is 4.48. The van der Waals surface area contributed by atoms with Crippen molar-refractivity contribution in [1.82, 2.24) is 10.2 Å². The summed E-state index contributed by atoms with van der Waals surface area (Å²) >= 11 is 0. The monoisotopic (exact) mass is 284 g/mol. The Bertz CT molecular complexity index is 325. The van der Waals surface area contributed by atoms with Crippen LogP contribution in [-0.2, 0) is 4.79 Å². The van der Waals surface area contributed by atoms with Crippen molar-refractivity contribution in [3.8, 4) is 0 Å². The van der Waals surface area contributed by atoms with Crippen LogP contribution >= 0.6 is 0 Å². The maximum Gasteiger partial charge on any atom is 0.317 e. The second kappa shape index (κ2) is 8.12. The predicted octanol–water partition coefficient (Wildman–Crippen LogP) is 2.71. The molecule has 1 fully saturated rings. The standard InChI is InChI=1S/C15H28N2O3/c1-11-7-9-17(10-8-11)15(20)16-13(3)6-4-5-12(2)14(18)19/h11-13H,4-10H2,1-3H3,(H,16,20)(H,18,19). The van der Waals surface area contributed by atoms with E-state index in [0.29, 0.717) is 12.3 Å². The molecule has 0 aromatic carbocycles. The summed E-state index contributed by atoms with van der Waals surface area (Å²) in [7, 11) is 0. The van der Waals surface area contributed by atoms with Gasteiger partial charge in [0.25, 0.3) is 0 Å². The molecular weight excluding hydrogens is 256 g/mol. The van der Waals surface area contributed by atoms with Crippen LogP contribution in [0.5, 0.6) is 0 Å². The summed E-state index contributed by atoms with van der Waals surface area (Å²) in [5, 5.41) is 11.8. The fourth-order valence-electron chi connectivity index (χ4n) is 2.44. The maximum atomic E-state index is 12.0. The van der Waals surface area contributed by atoms with E-state index in [1.54, 1.807) is 6.92 Å². The van der Waals surface area contributed by atoms with Crippen molar-refractivity contribution in [2.24, 2.45) is 11.8 Å². The molecule has 2 unspecified atom stereocenters. The molecule has 0 radical (unpaired) electrons. The summed E-state index contributed by atoms with van der Waals surface area (Å²) in [4.78, 5) is 24.6. The average Bonchev–Trinajstić information content (AvgIpc) is 2.39. The van der Waals surface area contributed by atoms with Gasteiger partial charge in [-0.05, 0) is 38.5 Å². The third-order valence-corrected chi connectivity index (χ3v) is 4.14. The highest BCUT2D eigenvalue weighted by atomic mass is 16.4. The number of carboxylic acids is 1. The molecule has 0 aromatic rings. The summed E-state index contributed by atoms with van der Waals surface area (Å²) in [6, 6.07) is 0.124. The lowest BCUT2D eigenvalue weighted by atomic mass is 9.99. The van der Waals surface area contributed by atoms with Crippen molar-refractivity contribution in [1.29, 1.82) is 0 Å². The van der Waals surface area contributed by atoms with Gasteiger partial charge in [-0.2, -0.15) is 0 Å². The number of aliphatic carboxylic acids is 1. The van der Waals surface area contributed by atoms with Gasteiger partial charge in [0.2, 0.25) is 0 Å². The molecule has 0 aromatic heterocycles. The number of nitrogens with one attached hydrogen (secondary N) is 1. The molecule has 1 rings (SSSR count). The number of carbonyl (C=O) groups excluding carboxylic acids is 1. The van der Waals surface area contributed by atoms with Gasteiger partial charge in [-0.25, -0.2) is 4.79 Å². The van der Waals surface area contributed by atoms with E-state index in [1.165, 1.54) is 0 Å². The van der Waals surface area contributed by atoms with Crippen molar-refractivity contribution in [2.75, 3.05) is 13.1 Å². The van der Waals surface area contributed by atoms with E-state index >= 15 is 0 Å². The average molecular weight is 284 g/mol. The number of hydrogen-bond donors (Lipinski definition) is 2. The van der Waals surface area contributed by atoms with Crippen molar-refractivity contribution in [3.05, 3.63) is 0 Å². The number of nitrogens with zero attached hydrogens (tertiary/aromatic N) is 1. The molecule has 1 aliphatic rings. The Morgan fingerprint density at radius 3 is 2.40 bits per heavy atom. The minimum atomic E-state index is -0.746. The molecule has 2 amide bonds. The Balaban J connectivity index is 2.19. The van der Waals surface area contributed by atoms with Crippen LogP contribution in [0.2, 0.25) is 0 Å². The Kier molecular flexibility index (Phi) is 6.82. The van der Waals surface area contributed by atoms with E-state index in [1.807, 2.05) is 11.8 Å². The molecule has 1 aliphatic heterocycles. The Labute approximate surface area is 121 Å². The lowest BCUT2D eigenvalue weighted by molar-refractivity contribution is -0.141. The SMILES string of the molecule is CC1CCN(C(=O)NC(C)CCCC(C)C(=O)O)CC1. The molecule has 1 saturated heterocycles. The van der Waals surface area contributed by atoms with Crippen LogP contribution in [0.15, 0.2) is 0 Å². The number of carboxylic acid groups (broad SMARTS) is 1. The molecule has 116 valence electrons. The van der Waals surface area contributed by atoms with Crippen LogP contribution in [0.1, 0.15) is 52.9 Å². The smallest absolute Gasteiger partial charge is 0.317 e. The molecule has 20 heavy (non-hydrogen) atoms. The first kappa shape index (κ1) is 16.8. The van der Waals surface area contributed by atoms with Crippen LogP contribution in [0, 0.1) is 11.8 Å². The highest BCUT2D eigenvalue weighted by Gasteiger charge is 2.21. The lowest BCUT2D eigenvalue weighted by Gasteiger charge is -2.31. The molecule has 5 heteroatoms.